The van der Waals surface area contributed by atoms with Gasteiger partial charge >= 0.3 is 0 Å². The summed E-state index contributed by atoms with van der Waals surface area (Å²) in [6, 6.07) is 26.7. The minimum atomic E-state index is -4.31. The van der Waals surface area contributed by atoms with Crippen molar-refractivity contribution in [3.63, 3.8) is 0 Å². The van der Waals surface area contributed by atoms with Gasteiger partial charge in [-0.25, -0.2) is 12.8 Å². The lowest BCUT2D eigenvalue weighted by atomic mass is 10.0. The van der Waals surface area contributed by atoms with Crippen LogP contribution >= 0.6 is 0 Å². The second-order valence-electron chi connectivity index (χ2n) is 10.3. The number of carbonyl (C=O) groups excluding carboxylic acids is 2. The quantitative estimate of drug-likeness (QED) is 0.225. The fourth-order valence-corrected chi connectivity index (χ4v) is 6.20. The highest BCUT2D eigenvalue weighted by Crippen LogP contribution is 2.26. The molecule has 0 aliphatic heterocycles. The zero-order valence-corrected chi connectivity index (χ0v) is 25.8. The molecule has 230 valence electrons. The highest BCUT2D eigenvalue weighted by atomic mass is 32.2. The van der Waals surface area contributed by atoms with Gasteiger partial charge in [-0.05, 0) is 73.5 Å². The van der Waals surface area contributed by atoms with E-state index < -0.39 is 34.3 Å². The van der Waals surface area contributed by atoms with Gasteiger partial charge in [0.25, 0.3) is 10.0 Å². The number of carbonyl (C=O) groups is 2. The molecule has 0 saturated carbocycles. The summed E-state index contributed by atoms with van der Waals surface area (Å²) in [5.41, 5.74) is 2.69. The van der Waals surface area contributed by atoms with E-state index in [-0.39, 0.29) is 29.5 Å². The minimum Gasteiger partial charge on any atom is -0.497 e. The fourth-order valence-electron chi connectivity index (χ4n) is 4.79. The predicted octanol–water partition coefficient (Wildman–Crippen LogP) is 5.11. The number of hydrogen-bond acceptors (Lipinski definition) is 5. The standard InChI is InChI=1S/C34H36FN3O5S/c1-4-36-34(40)32(22-26-9-6-5-7-10-26)37(23-27-11-8-12-30(21-27)43-3)33(39)24-38(29-17-13-25(2)14-18-29)44(41,42)31-19-15-28(35)16-20-31/h5-21,32H,4,22-24H2,1-3H3,(H,36,40)/t32-/m0/s1. The van der Waals surface area contributed by atoms with Crippen LogP contribution in [0.3, 0.4) is 0 Å². The van der Waals surface area contributed by atoms with Gasteiger partial charge in [0.1, 0.15) is 24.2 Å². The van der Waals surface area contributed by atoms with Crippen LogP contribution in [0.25, 0.3) is 0 Å². The van der Waals surface area contributed by atoms with Crippen molar-refractivity contribution in [3.8, 4) is 5.75 Å². The second kappa shape index (κ2) is 14.7. The lowest BCUT2D eigenvalue weighted by Crippen LogP contribution is -2.53. The Hall–Kier alpha value is -4.70. The van der Waals surface area contributed by atoms with Crippen molar-refractivity contribution in [3.05, 3.63) is 126 Å². The van der Waals surface area contributed by atoms with Crippen LogP contribution in [0.4, 0.5) is 10.1 Å². The summed E-state index contributed by atoms with van der Waals surface area (Å²) in [5, 5.41) is 2.84. The highest BCUT2D eigenvalue weighted by molar-refractivity contribution is 7.92. The van der Waals surface area contributed by atoms with Gasteiger partial charge in [0, 0.05) is 19.5 Å². The summed E-state index contributed by atoms with van der Waals surface area (Å²) in [5.74, 6) is -0.966. The number of benzene rings is 4. The van der Waals surface area contributed by atoms with E-state index in [0.717, 1.165) is 39.7 Å². The molecule has 0 aliphatic rings. The first-order valence-electron chi connectivity index (χ1n) is 14.2. The number of halogens is 1. The Bertz CT molecular complexity index is 1660. The summed E-state index contributed by atoms with van der Waals surface area (Å²) in [6.07, 6.45) is 0.206. The van der Waals surface area contributed by atoms with E-state index in [1.807, 2.05) is 43.3 Å². The molecule has 0 radical (unpaired) electrons. The van der Waals surface area contributed by atoms with E-state index in [2.05, 4.69) is 5.32 Å². The molecule has 10 heteroatoms. The number of hydrogen-bond donors (Lipinski definition) is 1. The molecular formula is C34H36FN3O5S. The number of ether oxygens (including phenoxy) is 1. The molecule has 2 amide bonds. The van der Waals surface area contributed by atoms with Crippen LogP contribution in [0.1, 0.15) is 23.6 Å². The molecule has 4 aromatic carbocycles. The highest BCUT2D eigenvalue weighted by Gasteiger charge is 2.34. The molecular weight excluding hydrogens is 581 g/mol. The van der Waals surface area contributed by atoms with Crippen LogP contribution in [0.15, 0.2) is 108 Å². The van der Waals surface area contributed by atoms with E-state index in [4.69, 9.17) is 4.74 Å². The Labute approximate surface area is 258 Å². The fraction of sp³-hybridized carbons (Fsp3) is 0.235. The summed E-state index contributed by atoms with van der Waals surface area (Å²) in [6.45, 7) is 3.42. The molecule has 44 heavy (non-hydrogen) atoms. The number of sulfonamides is 1. The van der Waals surface area contributed by atoms with E-state index in [1.54, 1.807) is 49.4 Å². The molecule has 1 N–H and O–H groups in total. The number of rotatable bonds is 13. The number of amides is 2. The predicted molar refractivity (Wildman–Crippen MR) is 168 cm³/mol. The number of nitrogens with one attached hydrogen (secondary N) is 1. The van der Waals surface area contributed by atoms with Crippen molar-refractivity contribution >= 4 is 27.5 Å². The zero-order valence-electron chi connectivity index (χ0n) is 24.9. The maximum absolute atomic E-state index is 14.4. The molecule has 4 rings (SSSR count). The van der Waals surface area contributed by atoms with E-state index in [9.17, 15) is 22.4 Å². The Kier molecular flexibility index (Phi) is 10.7. The van der Waals surface area contributed by atoms with Crippen molar-refractivity contribution in [1.82, 2.24) is 10.2 Å². The van der Waals surface area contributed by atoms with Crippen LogP contribution in [0, 0.1) is 12.7 Å². The summed E-state index contributed by atoms with van der Waals surface area (Å²) in [7, 11) is -2.78. The van der Waals surface area contributed by atoms with Gasteiger partial charge in [-0.3, -0.25) is 13.9 Å². The van der Waals surface area contributed by atoms with Crippen LogP contribution in [0.5, 0.6) is 5.75 Å². The van der Waals surface area contributed by atoms with Crippen molar-refractivity contribution in [2.24, 2.45) is 0 Å². The summed E-state index contributed by atoms with van der Waals surface area (Å²) >= 11 is 0. The lowest BCUT2D eigenvalue weighted by molar-refractivity contribution is -0.140. The van der Waals surface area contributed by atoms with Gasteiger partial charge in [0.2, 0.25) is 11.8 Å². The van der Waals surface area contributed by atoms with Crippen LogP contribution in [0.2, 0.25) is 0 Å². The molecule has 0 bridgehead atoms. The maximum atomic E-state index is 14.4. The van der Waals surface area contributed by atoms with Crippen LogP contribution < -0.4 is 14.4 Å². The first-order chi connectivity index (χ1) is 21.1. The molecule has 1 atom stereocenters. The van der Waals surface area contributed by atoms with Crippen molar-refractivity contribution in [2.45, 2.75) is 37.8 Å². The molecule has 0 unspecified atom stereocenters. The largest absolute Gasteiger partial charge is 0.497 e. The third-order valence-electron chi connectivity index (χ3n) is 7.11. The molecule has 0 saturated heterocycles. The van der Waals surface area contributed by atoms with Gasteiger partial charge in [-0.15, -0.1) is 0 Å². The number of likely N-dealkylation sites (N-methyl/N-ethyl adjacent to an activating group) is 1. The van der Waals surface area contributed by atoms with Crippen molar-refractivity contribution in [2.75, 3.05) is 24.5 Å². The normalized spacial score (nSPS) is 11.8. The Morgan fingerprint density at radius 2 is 1.55 bits per heavy atom. The molecule has 0 spiro atoms. The average molecular weight is 618 g/mol. The monoisotopic (exact) mass is 617 g/mol. The van der Waals surface area contributed by atoms with Gasteiger partial charge in [-0.1, -0.05) is 60.2 Å². The van der Waals surface area contributed by atoms with Crippen molar-refractivity contribution < 1.29 is 27.1 Å². The first-order valence-corrected chi connectivity index (χ1v) is 15.7. The number of aryl methyl sites for hydroxylation is 1. The zero-order chi connectivity index (χ0) is 31.7. The molecule has 0 aromatic heterocycles. The number of anilines is 1. The Morgan fingerprint density at radius 3 is 2.18 bits per heavy atom. The SMILES string of the molecule is CCNC(=O)[C@H](Cc1ccccc1)N(Cc1cccc(OC)c1)C(=O)CN(c1ccc(C)cc1)S(=O)(=O)c1ccc(F)cc1. The summed E-state index contributed by atoms with van der Waals surface area (Å²) < 4.78 is 48.0. The molecule has 4 aromatic rings. The van der Waals surface area contributed by atoms with Gasteiger partial charge in [0.15, 0.2) is 0 Å². The maximum Gasteiger partial charge on any atom is 0.264 e. The van der Waals surface area contributed by atoms with Gasteiger partial charge in [0.05, 0.1) is 17.7 Å². The Morgan fingerprint density at radius 1 is 0.886 bits per heavy atom. The molecule has 0 aliphatic carbocycles. The second-order valence-corrected chi connectivity index (χ2v) is 12.1. The van der Waals surface area contributed by atoms with Crippen LogP contribution in [-0.4, -0.2) is 51.4 Å². The van der Waals surface area contributed by atoms with E-state index >= 15 is 0 Å². The van der Waals surface area contributed by atoms with Crippen LogP contribution in [-0.2, 0) is 32.6 Å². The third-order valence-corrected chi connectivity index (χ3v) is 8.90. The summed E-state index contributed by atoms with van der Waals surface area (Å²) in [4.78, 5) is 29.2. The smallest absolute Gasteiger partial charge is 0.264 e. The molecule has 8 nitrogen and oxygen atoms in total. The number of methoxy groups -OCH3 is 1. The first kappa shape index (κ1) is 32.2. The minimum absolute atomic E-state index is 0.0169. The number of nitrogens with zero attached hydrogens (tertiary/aromatic N) is 2. The third kappa shape index (κ3) is 8.02. The Balaban J connectivity index is 1.80. The molecule has 0 fully saturated rings. The van der Waals surface area contributed by atoms with Crippen molar-refractivity contribution in [1.29, 1.82) is 0 Å². The lowest BCUT2D eigenvalue weighted by Gasteiger charge is -2.34. The van der Waals surface area contributed by atoms with Gasteiger partial charge < -0.3 is 15.0 Å². The topological polar surface area (TPSA) is 96.0 Å². The average Bonchev–Trinajstić information content (AvgIpc) is 3.02. The van der Waals surface area contributed by atoms with E-state index in [1.165, 1.54) is 12.0 Å². The molecule has 0 heterocycles. The van der Waals surface area contributed by atoms with E-state index in [0.29, 0.717) is 17.9 Å². The van der Waals surface area contributed by atoms with Gasteiger partial charge in [-0.2, -0.15) is 0 Å².